The van der Waals surface area contributed by atoms with Crippen LogP contribution in [0, 0.1) is 0 Å². The molecule has 1 nitrogen and oxygen atoms in total. The van der Waals surface area contributed by atoms with Crippen molar-refractivity contribution in [1.82, 2.24) is 0 Å². The van der Waals surface area contributed by atoms with Gasteiger partial charge in [0.2, 0.25) is 5.78 Å². The zero-order chi connectivity index (χ0) is 10.1. The Bertz CT molecular complexity index is 318. The minimum atomic E-state index is -4.73. The fourth-order valence-corrected chi connectivity index (χ4v) is 2.19. The highest BCUT2D eigenvalue weighted by Gasteiger charge is 2.37. The average Bonchev–Trinajstić information content (AvgIpc) is 2.33. The summed E-state index contributed by atoms with van der Waals surface area (Å²) in [6, 6.07) is 3.11. The molecule has 0 unspecified atom stereocenters. The van der Waals surface area contributed by atoms with Gasteiger partial charge in [0.15, 0.2) is 0 Å². The minimum absolute atomic E-state index is 0.411. The molecule has 0 aliphatic carbocycles. The van der Waals surface area contributed by atoms with Gasteiger partial charge in [-0.2, -0.15) is 13.2 Å². The molecule has 1 aromatic heterocycles. The molecule has 0 aliphatic rings. The molecule has 0 N–H and O–H groups in total. The summed E-state index contributed by atoms with van der Waals surface area (Å²) in [7, 11) is 0. The SMILES string of the molecule is O=C(Cc1ccc(Br)s1)C(F)(F)F. The summed E-state index contributed by atoms with van der Waals surface area (Å²) >= 11 is 4.23. The first-order chi connectivity index (χ1) is 5.89. The second-order valence-electron chi connectivity index (χ2n) is 2.30. The van der Waals surface area contributed by atoms with Crippen LogP contribution >= 0.6 is 27.3 Å². The Balaban J connectivity index is 2.65. The topological polar surface area (TPSA) is 17.1 Å². The highest BCUT2D eigenvalue weighted by Crippen LogP contribution is 2.25. The monoisotopic (exact) mass is 272 g/mol. The van der Waals surface area contributed by atoms with E-state index in [1.54, 1.807) is 6.07 Å². The van der Waals surface area contributed by atoms with Gasteiger partial charge in [0.25, 0.3) is 0 Å². The van der Waals surface area contributed by atoms with Crippen LogP contribution in [0.1, 0.15) is 4.88 Å². The van der Waals surface area contributed by atoms with E-state index in [-0.39, 0.29) is 0 Å². The van der Waals surface area contributed by atoms with Crippen molar-refractivity contribution < 1.29 is 18.0 Å². The largest absolute Gasteiger partial charge is 0.450 e. The Labute approximate surface area is 84.7 Å². The van der Waals surface area contributed by atoms with Crippen molar-refractivity contribution in [3.05, 3.63) is 20.8 Å². The van der Waals surface area contributed by atoms with Crippen LogP contribution in [0.2, 0.25) is 0 Å². The first kappa shape index (κ1) is 10.7. The normalized spacial score (nSPS) is 11.7. The van der Waals surface area contributed by atoms with Gasteiger partial charge in [0.1, 0.15) is 0 Å². The van der Waals surface area contributed by atoms with Gasteiger partial charge in [-0.05, 0) is 28.1 Å². The molecule has 0 aliphatic heterocycles. The summed E-state index contributed by atoms with van der Waals surface area (Å²) in [5.41, 5.74) is 0. The second-order valence-corrected chi connectivity index (χ2v) is 4.85. The summed E-state index contributed by atoms with van der Waals surface area (Å²) in [5, 5.41) is 0. The predicted molar refractivity (Wildman–Crippen MR) is 46.8 cm³/mol. The molecular formula is C7H4BrF3OS. The summed E-state index contributed by atoms with van der Waals surface area (Å²) < 4.78 is 36.1. The van der Waals surface area contributed by atoms with Gasteiger partial charge in [-0.3, -0.25) is 4.79 Å². The molecular weight excluding hydrogens is 269 g/mol. The number of alkyl halides is 3. The van der Waals surface area contributed by atoms with Crippen LogP contribution < -0.4 is 0 Å². The van der Waals surface area contributed by atoms with Gasteiger partial charge in [0, 0.05) is 4.88 Å². The van der Waals surface area contributed by atoms with E-state index in [0.717, 1.165) is 15.1 Å². The number of hydrogen-bond acceptors (Lipinski definition) is 2. The Hall–Kier alpha value is -0.360. The molecule has 72 valence electrons. The summed E-state index contributed by atoms with van der Waals surface area (Å²) in [4.78, 5) is 10.9. The van der Waals surface area contributed by atoms with E-state index in [1.807, 2.05) is 0 Å². The molecule has 0 atom stereocenters. The predicted octanol–water partition coefficient (Wildman–Crippen LogP) is 3.18. The highest BCUT2D eigenvalue weighted by molar-refractivity contribution is 9.11. The quantitative estimate of drug-likeness (QED) is 0.808. The lowest BCUT2D eigenvalue weighted by atomic mass is 10.2. The zero-order valence-corrected chi connectivity index (χ0v) is 8.59. The van der Waals surface area contributed by atoms with Crippen LogP contribution in [0.3, 0.4) is 0 Å². The van der Waals surface area contributed by atoms with E-state index in [1.165, 1.54) is 6.07 Å². The zero-order valence-electron chi connectivity index (χ0n) is 6.19. The first-order valence-electron chi connectivity index (χ1n) is 3.24. The first-order valence-corrected chi connectivity index (χ1v) is 4.85. The number of thiophene rings is 1. The van der Waals surface area contributed by atoms with E-state index in [9.17, 15) is 18.0 Å². The molecule has 0 radical (unpaired) electrons. The van der Waals surface area contributed by atoms with Crippen LogP contribution in [-0.2, 0) is 11.2 Å². The summed E-state index contributed by atoms with van der Waals surface area (Å²) in [6.45, 7) is 0. The molecule has 1 heterocycles. The molecule has 13 heavy (non-hydrogen) atoms. The smallest absolute Gasteiger partial charge is 0.289 e. The van der Waals surface area contributed by atoms with Crippen molar-refractivity contribution in [1.29, 1.82) is 0 Å². The van der Waals surface area contributed by atoms with Crippen molar-refractivity contribution in [3.63, 3.8) is 0 Å². The van der Waals surface area contributed by atoms with Crippen LogP contribution in [0.15, 0.2) is 15.9 Å². The van der Waals surface area contributed by atoms with Crippen molar-refractivity contribution >= 4 is 33.0 Å². The number of carbonyl (C=O) groups excluding carboxylic acids is 1. The molecule has 0 amide bonds. The number of ketones is 1. The second kappa shape index (κ2) is 3.79. The van der Waals surface area contributed by atoms with Crippen LogP contribution in [0.25, 0.3) is 0 Å². The van der Waals surface area contributed by atoms with Crippen LogP contribution in [0.5, 0.6) is 0 Å². The van der Waals surface area contributed by atoms with E-state index in [4.69, 9.17) is 0 Å². The van der Waals surface area contributed by atoms with E-state index >= 15 is 0 Å². The highest BCUT2D eigenvalue weighted by atomic mass is 79.9. The number of Topliss-reactive ketones (excluding diaryl/α,β-unsaturated/α-hetero) is 1. The third-order valence-electron chi connectivity index (χ3n) is 1.28. The molecule has 0 fully saturated rings. The minimum Gasteiger partial charge on any atom is -0.289 e. The standard InChI is InChI=1S/C7H4BrF3OS/c8-6-2-1-4(13-6)3-5(12)7(9,10)11/h1-2H,3H2. The molecule has 0 saturated carbocycles. The van der Waals surface area contributed by atoms with Crippen LogP contribution in [0.4, 0.5) is 13.2 Å². The van der Waals surface area contributed by atoms with Crippen molar-refractivity contribution in [2.24, 2.45) is 0 Å². The van der Waals surface area contributed by atoms with Gasteiger partial charge in [-0.15, -0.1) is 11.3 Å². The van der Waals surface area contributed by atoms with Crippen LogP contribution in [-0.4, -0.2) is 12.0 Å². The number of hydrogen-bond donors (Lipinski definition) is 0. The average molecular weight is 273 g/mol. The molecule has 1 rings (SSSR count). The molecule has 1 aromatic rings. The van der Waals surface area contributed by atoms with Gasteiger partial charge in [-0.1, -0.05) is 0 Å². The molecule has 6 heteroatoms. The Morgan fingerprint density at radius 1 is 1.46 bits per heavy atom. The molecule has 0 aromatic carbocycles. The van der Waals surface area contributed by atoms with Gasteiger partial charge in [-0.25, -0.2) is 0 Å². The summed E-state index contributed by atoms with van der Waals surface area (Å²) in [5.74, 6) is -1.71. The number of rotatable bonds is 2. The fraction of sp³-hybridized carbons (Fsp3) is 0.286. The maximum absolute atomic E-state index is 11.8. The third kappa shape index (κ3) is 3.11. The van der Waals surface area contributed by atoms with Crippen molar-refractivity contribution in [3.8, 4) is 0 Å². The number of carbonyl (C=O) groups is 1. The lowest BCUT2D eigenvalue weighted by Gasteiger charge is -2.02. The molecule has 0 saturated heterocycles. The van der Waals surface area contributed by atoms with E-state index in [2.05, 4.69) is 15.9 Å². The van der Waals surface area contributed by atoms with Crippen molar-refractivity contribution in [2.75, 3.05) is 0 Å². The van der Waals surface area contributed by atoms with Gasteiger partial charge < -0.3 is 0 Å². The lowest BCUT2D eigenvalue weighted by molar-refractivity contribution is -0.170. The Morgan fingerprint density at radius 3 is 2.46 bits per heavy atom. The molecule has 0 bridgehead atoms. The Kier molecular flexibility index (Phi) is 3.13. The lowest BCUT2D eigenvalue weighted by Crippen LogP contribution is -2.24. The Morgan fingerprint density at radius 2 is 2.08 bits per heavy atom. The van der Waals surface area contributed by atoms with E-state index < -0.39 is 18.4 Å². The maximum atomic E-state index is 11.8. The van der Waals surface area contributed by atoms with Crippen molar-refractivity contribution in [2.45, 2.75) is 12.6 Å². The summed E-state index contributed by atoms with van der Waals surface area (Å²) in [6.07, 6.45) is -5.30. The van der Waals surface area contributed by atoms with Gasteiger partial charge in [0.05, 0.1) is 10.2 Å². The third-order valence-corrected chi connectivity index (χ3v) is 2.90. The maximum Gasteiger partial charge on any atom is 0.450 e. The number of halogens is 4. The van der Waals surface area contributed by atoms with E-state index in [0.29, 0.717) is 4.88 Å². The fourth-order valence-electron chi connectivity index (χ4n) is 0.705. The molecule has 0 spiro atoms. The van der Waals surface area contributed by atoms with Gasteiger partial charge >= 0.3 is 6.18 Å².